The zero-order valence-corrected chi connectivity index (χ0v) is 10.9. The molecule has 18 heavy (non-hydrogen) atoms. The molecule has 0 aromatic rings. The molecule has 0 amide bonds. The molecule has 2 fully saturated rings. The highest BCUT2D eigenvalue weighted by molar-refractivity contribution is 5.78. The Morgan fingerprint density at radius 3 is 2.67 bits per heavy atom. The van der Waals surface area contributed by atoms with Gasteiger partial charge in [-0.25, -0.2) is 0 Å². The number of rotatable bonds is 1. The summed E-state index contributed by atoms with van der Waals surface area (Å²) in [5.41, 5.74) is -0.305. The minimum Gasteiger partial charge on any atom is -0.468 e. The Kier molecular flexibility index (Phi) is 3.49. The van der Waals surface area contributed by atoms with Crippen molar-refractivity contribution >= 4 is 5.97 Å². The molecular weight excluding hydrogens is 236 g/mol. The molecule has 5 heteroatoms. The number of aliphatic hydroxyl groups excluding tert-OH is 1. The van der Waals surface area contributed by atoms with Crippen LogP contribution in [0.3, 0.4) is 0 Å². The summed E-state index contributed by atoms with van der Waals surface area (Å²) in [7, 11) is 1.31. The van der Waals surface area contributed by atoms with Gasteiger partial charge in [0.1, 0.15) is 5.41 Å². The molecule has 5 nitrogen and oxygen atoms in total. The number of methoxy groups -OCH3 is 1. The Hall–Kier alpha value is -0.910. The van der Waals surface area contributed by atoms with Gasteiger partial charge in [0, 0.05) is 6.42 Å². The van der Waals surface area contributed by atoms with Crippen molar-refractivity contribution in [2.24, 2.45) is 5.41 Å². The molecule has 0 aromatic heterocycles. The van der Waals surface area contributed by atoms with Crippen LogP contribution in [-0.2, 0) is 19.0 Å². The second-order valence-corrected chi connectivity index (χ2v) is 5.13. The van der Waals surface area contributed by atoms with E-state index in [4.69, 9.17) is 14.2 Å². The van der Waals surface area contributed by atoms with Gasteiger partial charge in [-0.2, -0.15) is 0 Å². The van der Waals surface area contributed by atoms with E-state index in [1.165, 1.54) is 7.11 Å². The zero-order chi connectivity index (χ0) is 13.4. The normalized spacial score (nSPS) is 35.5. The maximum atomic E-state index is 12.1. The van der Waals surface area contributed by atoms with Crippen LogP contribution in [0.25, 0.3) is 0 Å². The fourth-order valence-electron chi connectivity index (χ4n) is 2.84. The van der Waals surface area contributed by atoms with Crippen LogP contribution in [0, 0.1) is 5.41 Å². The van der Waals surface area contributed by atoms with Crippen LogP contribution < -0.4 is 0 Å². The fraction of sp³-hybridized carbons (Fsp3) is 0.769. The monoisotopic (exact) mass is 256 g/mol. The Bertz CT molecular complexity index is 358. The number of hydrogen-bond donors (Lipinski definition) is 1. The second-order valence-electron chi connectivity index (χ2n) is 5.13. The Labute approximate surface area is 107 Å². The second kappa shape index (κ2) is 4.64. The highest BCUT2D eigenvalue weighted by Gasteiger charge is 2.63. The molecule has 2 rings (SSSR count). The molecule has 1 aliphatic carbocycles. The Morgan fingerprint density at radius 1 is 1.50 bits per heavy atom. The molecule has 0 radical (unpaired) electrons. The smallest absolute Gasteiger partial charge is 0.319 e. The summed E-state index contributed by atoms with van der Waals surface area (Å²) in [5, 5.41) is 10.4. The summed E-state index contributed by atoms with van der Waals surface area (Å²) in [6.45, 7) is 6.42. The van der Waals surface area contributed by atoms with Gasteiger partial charge < -0.3 is 19.3 Å². The van der Waals surface area contributed by atoms with Gasteiger partial charge in [-0.05, 0) is 19.8 Å². The number of hydrogen-bond acceptors (Lipinski definition) is 5. The Morgan fingerprint density at radius 2 is 2.11 bits per heavy atom. The predicted molar refractivity (Wildman–Crippen MR) is 63.8 cm³/mol. The van der Waals surface area contributed by atoms with Gasteiger partial charge in [0.15, 0.2) is 5.79 Å². The number of carbonyl (C=O) groups excluding carboxylic acids is 1. The first-order valence-electron chi connectivity index (χ1n) is 6.17. The lowest BCUT2D eigenvalue weighted by Gasteiger charge is -2.43. The van der Waals surface area contributed by atoms with Gasteiger partial charge >= 0.3 is 5.97 Å². The van der Waals surface area contributed by atoms with Gasteiger partial charge in [0.2, 0.25) is 0 Å². The van der Waals surface area contributed by atoms with Crippen LogP contribution in [-0.4, -0.2) is 43.3 Å². The summed E-state index contributed by atoms with van der Waals surface area (Å²) >= 11 is 0. The summed E-state index contributed by atoms with van der Waals surface area (Å²) < 4.78 is 16.2. The minimum absolute atomic E-state index is 0.409. The molecule has 1 saturated heterocycles. The van der Waals surface area contributed by atoms with E-state index in [1.807, 2.05) is 0 Å². The maximum absolute atomic E-state index is 12.1. The van der Waals surface area contributed by atoms with E-state index in [1.54, 1.807) is 6.92 Å². The molecule has 2 atom stereocenters. The molecule has 1 heterocycles. The SMILES string of the molecule is C=C1CC[C@@H](O)[C@](C)(C(=O)OC)C2(C1)OCCO2. The third-order valence-electron chi connectivity index (χ3n) is 4.07. The van der Waals surface area contributed by atoms with Crippen LogP contribution in [0.15, 0.2) is 12.2 Å². The summed E-state index contributed by atoms with van der Waals surface area (Å²) in [4.78, 5) is 12.1. The lowest BCUT2D eigenvalue weighted by atomic mass is 9.74. The molecule has 102 valence electrons. The van der Waals surface area contributed by atoms with Crippen LogP contribution in [0.4, 0.5) is 0 Å². The molecule has 1 saturated carbocycles. The number of aliphatic hydroxyl groups is 1. The maximum Gasteiger partial charge on any atom is 0.319 e. The molecule has 1 aliphatic heterocycles. The van der Waals surface area contributed by atoms with Gasteiger partial charge in [-0.3, -0.25) is 4.79 Å². The largest absolute Gasteiger partial charge is 0.468 e. The van der Waals surface area contributed by atoms with Gasteiger partial charge in [0.25, 0.3) is 0 Å². The third kappa shape index (κ3) is 1.77. The van der Waals surface area contributed by atoms with Gasteiger partial charge in [-0.1, -0.05) is 12.2 Å². The molecule has 1 spiro atoms. The number of esters is 1. The van der Waals surface area contributed by atoms with E-state index in [0.29, 0.717) is 32.5 Å². The van der Waals surface area contributed by atoms with Crippen LogP contribution in [0.2, 0.25) is 0 Å². The predicted octanol–water partition coefficient (Wildman–Crippen LogP) is 1.01. The van der Waals surface area contributed by atoms with E-state index in [0.717, 1.165) is 5.57 Å². The standard InChI is InChI=1S/C13H20O5/c1-9-4-5-10(14)12(2,11(15)16-3)13(8-9)17-6-7-18-13/h10,14H,1,4-8H2,2-3H3/t10-,12-/m1/s1. The van der Waals surface area contributed by atoms with Crippen LogP contribution >= 0.6 is 0 Å². The Balaban J connectivity index is 2.47. The summed E-state index contributed by atoms with van der Waals surface area (Å²) in [6.07, 6.45) is 0.652. The topological polar surface area (TPSA) is 65.0 Å². The lowest BCUT2D eigenvalue weighted by Crippen LogP contribution is -2.58. The zero-order valence-electron chi connectivity index (χ0n) is 10.9. The quantitative estimate of drug-likeness (QED) is 0.560. The van der Waals surface area contributed by atoms with Gasteiger partial charge in [-0.15, -0.1) is 0 Å². The van der Waals surface area contributed by atoms with Crippen molar-refractivity contribution in [3.8, 4) is 0 Å². The average molecular weight is 256 g/mol. The van der Waals surface area contributed by atoms with Crippen molar-refractivity contribution in [2.75, 3.05) is 20.3 Å². The summed E-state index contributed by atoms with van der Waals surface area (Å²) in [6, 6.07) is 0. The molecular formula is C13H20O5. The van der Waals surface area contributed by atoms with Crippen molar-refractivity contribution in [1.29, 1.82) is 0 Å². The van der Waals surface area contributed by atoms with Crippen molar-refractivity contribution in [3.05, 3.63) is 12.2 Å². The van der Waals surface area contributed by atoms with Crippen molar-refractivity contribution in [2.45, 2.75) is 38.1 Å². The molecule has 0 aromatic carbocycles. The first kappa shape index (κ1) is 13.5. The molecule has 2 aliphatic rings. The number of carbonyl (C=O) groups is 1. The highest BCUT2D eigenvalue weighted by Crippen LogP contribution is 2.49. The first-order valence-corrected chi connectivity index (χ1v) is 6.17. The van der Waals surface area contributed by atoms with Gasteiger partial charge in [0.05, 0.1) is 26.4 Å². The molecule has 0 bridgehead atoms. The fourth-order valence-corrected chi connectivity index (χ4v) is 2.84. The van der Waals surface area contributed by atoms with Crippen molar-refractivity contribution in [3.63, 3.8) is 0 Å². The van der Waals surface area contributed by atoms with Crippen LogP contribution in [0.1, 0.15) is 26.2 Å². The van der Waals surface area contributed by atoms with E-state index in [-0.39, 0.29) is 0 Å². The van der Waals surface area contributed by atoms with Crippen LogP contribution in [0.5, 0.6) is 0 Å². The van der Waals surface area contributed by atoms with E-state index < -0.39 is 23.3 Å². The van der Waals surface area contributed by atoms with Crippen molar-refractivity contribution < 1.29 is 24.1 Å². The van der Waals surface area contributed by atoms with E-state index in [2.05, 4.69) is 6.58 Å². The molecule has 0 unspecified atom stereocenters. The highest BCUT2D eigenvalue weighted by atomic mass is 16.7. The third-order valence-corrected chi connectivity index (χ3v) is 4.07. The molecule has 1 N–H and O–H groups in total. The van der Waals surface area contributed by atoms with E-state index in [9.17, 15) is 9.90 Å². The van der Waals surface area contributed by atoms with E-state index >= 15 is 0 Å². The lowest BCUT2D eigenvalue weighted by molar-refractivity contribution is -0.257. The first-order chi connectivity index (χ1) is 8.46. The average Bonchev–Trinajstić information content (AvgIpc) is 2.80. The summed E-state index contributed by atoms with van der Waals surface area (Å²) in [5.74, 6) is -1.65. The minimum atomic E-state index is -1.22. The van der Waals surface area contributed by atoms with Crippen molar-refractivity contribution in [1.82, 2.24) is 0 Å². The number of ether oxygens (including phenoxy) is 3.